The summed E-state index contributed by atoms with van der Waals surface area (Å²) in [4.78, 5) is 12.3. The van der Waals surface area contributed by atoms with E-state index in [-0.39, 0.29) is 40.7 Å². The molecule has 0 fully saturated rings. The fraction of sp³-hybridized carbons (Fsp3) is 0.211. The predicted octanol–water partition coefficient (Wildman–Crippen LogP) is 4.72. The first-order valence-corrected chi connectivity index (χ1v) is 7.78. The maximum atomic E-state index is 12.3. The SMILES string of the molecule is C=C/C=C/CCOC(=O)c1c(O)cc(O)c(Cl)c1CC(=C)/C=C/C. The van der Waals surface area contributed by atoms with Crippen molar-refractivity contribution in [3.63, 3.8) is 0 Å². The molecule has 0 amide bonds. The van der Waals surface area contributed by atoms with Gasteiger partial charge >= 0.3 is 5.97 Å². The molecule has 1 rings (SSSR count). The van der Waals surface area contributed by atoms with Gasteiger partial charge in [-0.25, -0.2) is 4.79 Å². The predicted molar refractivity (Wildman–Crippen MR) is 96.7 cm³/mol. The number of carbonyl (C=O) groups is 1. The molecule has 0 aliphatic rings. The Morgan fingerprint density at radius 1 is 1.38 bits per heavy atom. The lowest BCUT2D eigenvalue weighted by Gasteiger charge is -2.14. The van der Waals surface area contributed by atoms with Crippen molar-refractivity contribution in [2.75, 3.05) is 6.61 Å². The molecule has 5 heteroatoms. The van der Waals surface area contributed by atoms with Crippen LogP contribution in [-0.2, 0) is 11.2 Å². The van der Waals surface area contributed by atoms with Crippen LogP contribution in [0, 0.1) is 0 Å². The second kappa shape index (κ2) is 9.63. The fourth-order valence-corrected chi connectivity index (χ4v) is 2.30. The Kier molecular flexibility index (Phi) is 7.86. The molecule has 4 nitrogen and oxygen atoms in total. The highest BCUT2D eigenvalue weighted by Gasteiger charge is 2.23. The summed E-state index contributed by atoms with van der Waals surface area (Å²) in [5, 5.41) is 19.8. The molecule has 0 aromatic heterocycles. The topological polar surface area (TPSA) is 66.8 Å². The fourth-order valence-electron chi connectivity index (χ4n) is 2.08. The molecule has 0 saturated heterocycles. The molecule has 0 aliphatic carbocycles. The van der Waals surface area contributed by atoms with E-state index >= 15 is 0 Å². The van der Waals surface area contributed by atoms with E-state index in [4.69, 9.17) is 16.3 Å². The van der Waals surface area contributed by atoms with Gasteiger partial charge in [-0.05, 0) is 25.3 Å². The number of carbonyl (C=O) groups excluding carboxylic acids is 1. The van der Waals surface area contributed by atoms with Crippen molar-refractivity contribution in [2.24, 2.45) is 0 Å². The Morgan fingerprint density at radius 2 is 2.08 bits per heavy atom. The van der Waals surface area contributed by atoms with Gasteiger partial charge in [0.15, 0.2) is 0 Å². The van der Waals surface area contributed by atoms with Crippen molar-refractivity contribution in [3.8, 4) is 11.5 Å². The van der Waals surface area contributed by atoms with Crippen molar-refractivity contribution in [1.29, 1.82) is 0 Å². The first-order valence-electron chi connectivity index (χ1n) is 7.40. The Bertz CT molecular complexity index is 687. The van der Waals surface area contributed by atoms with Crippen LogP contribution in [0.2, 0.25) is 5.02 Å². The van der Waals surface area contributed by atoms with Crippen LogP contribution in [-0.4, -0.2) is 22.8 Å². The number of benzene rings is 1. The van der Waals surface area contributed by atoms with Crippen LogP contribution in [0.25, 0.3) is 0 Å². The molecule has 0 saturated carbocycles. The average molecular weight is 349 g/mol. The van der Waals surface area contributed by atoms with E-state index in [2.05, 4.69) is 13.2 Å². The molecule has 0 unspecified atom stereocenters. The molecule has 0 spiro atoms. The molecule has 0 bridgehead atoms. The number of allylic oxidation sites excluding steroid dienone is 5. The van der Waals surface area contributed by atoms with Crippen molar-refractivity contribution in [3.05, 3.63) is 71.3 Å². The summed E-state index contributed by atoms with van der Waals surface area (Å²) in [7, 11) is 0. The van der Waals surface area contributed by atoms with Crippen LogP contribution in [0.5, 0.6) is 11.5 Å². The summed E-state index contributed by atoms with van der Waals surface area (Å²) in [5.74, 6) is -1.39. The van der Waals surface area contributed by atoms with Gasteiger partial charge < -0.3 is 14.9 Å². The number of esters is 1. The summed E-state index contributed by atoms with van der Waals surface area (Å²) in [6, 6.07) is 1.03. The Morgan fingerprint density at radius 3 is 2.71 bits per heavy atom. The van der Waals surface area contributed by atoms with Crippen LogP contribution >= 0.6 is 11.6 Å². The minimum absolute atomic E-state index is 0.00282. The number of rotatable bonds is 8. The van der Waals surface area contributed by atoms with Gasteiger partial charge in [0.05, 0.1) is 11.6 Å². The number of aromatic hydroxyl groups is 2. The van der Waals surface area contributed by atoms with Gasteiger partial charge in [0, 0.05) is 6.07 Å². The molecule has 128 valence electrons. The molecule has 24 heavy (non-hydrogen) atoms. The zero-order chi connectivity index (χ0) is 18.1. The molecule has 1 aromatic carbocycles. The van der Waals surface area contributed by atoms with Crippen molar-refractivity contribution < 1.29 is 19.7 Å². The average Bonchev–Trinajstić information content (AvgIpc) is 2.52. The quantitative estimate of drug-likeness (QED) is 0.405. The van der Waals surface area contributed by atoms with Crippen molar-refractivity contribution in [1.82, 2.24) is 0 Å². The second-order valence-corrected chi connectivity index (χ2v) is 5.38. The summed E-state index contributed by atoms with van der Waals surface area (Å²) in [6.07, 6.45) is 9.44. The lowest BCUT2D eigenvalue weighted by Crippen LogP contribution is -2.10. The molecule has 0 aliphatic heterocycles. The first-order chi connectivity index (χ1) is 11.4. The molecular weight excluding hydrogens is 328 g/mol. The van der Waals surface area contributed by atoms with Crippen LogP contribution in [0.15, 0.2) is 55.2 Å². The molecule has 2 N–H and O–H groups in total. The largest absolute Gasteiger partial charge is 0.507 e. The number of hydrogen-bond acceptors (Lipinski definition) is 4. The van der Waals surface area contributed by atoms with Crippen molar-refractivity contribution >= 4 is 17.6 Å². The van der Waals surface area contributed by atoms with E-state index in [1.54, 1.807) is 30.4 Å². The van der Waals surface area contributed by atoms with Gasteiger partial charge in [-0.15, -0.1) is 0 Å². The molecule has 0 heterocycles. The van der Waals surface area contributed by atoms with Crippen LogP contribution in [0.3, 0.4) is 0 Å². The number of halogens is 1. The third-order valence-electron chi connectivity index (χ3n) is 3.12. The zero-order valence-corrected chi connectivity index (χ0v) is 14.3. The van der Waals surface area contributed by atoms with Crippen molar-refractivity contribution in [2.45, 2.75) is 19.8 Å². The van der Waals surface area contributed by atoms with Gasteiger partial charge in [0.25, 0.3) is 0 Å². The zero-order valence-electron chi connectivity index (χ0n) is 13.6. The Hall–Kier alpha value is -2.46. The van der Waals surface area contributed by atoms with Gasteiger partial charge in [0.2, 0.25) is 0 Å². The monoisotopic (exact) mass is 348 g/mol. The smallest absolute Gasteiger partial charge is 0.342 e. The third-order valence-corrected chi connectivity index (χ3v) is 3.54. The maximum absolute atomic E-state index is 12.3. The normalized spacial score (nSPS) is 11.1. The molecule has 1 aromatic rings. The van der Waals surface area contributed by atoms with Crippen LogP contribution < -0.4 is 0 Å². The van der Waals surface area contributed by atoms with Gasteiger partial charge in [0.1, 0.15) is 17.1 Å². The van der Waals surface area contributed by atoms with E-state index in [0.717, 1.165) is 6.07 Å². The maximum Gasteiger partial charge on any atom is 0.342 e. The first kappa shape index (κ1) is 19.6. The summed E-state index contributed by atoms with van der Waals surface area (Å²) >= 11 is 6.10. The number of ether oxygens (including phenoxy) is 1. The Balaban J connectivity index is 3.09. The molecular formula is C19H21ClO4. The minimum atomic E-state index is -0.704. The van der Waals surface area contributed by atoms with Gasteiger partial charge in [-0.2, -0.15) is 0 Å². The van der Waals surface area contributed by atoms with Crippen LogP contribution in [0.4, 0.5) is 0 Å². The third kappa shape index (κ3) is 5.32. The highest BCUT2D eigenvalue weighted by atomic mass is 35.5. The highest BCUT2D eigenvalue weighted by molar-refractivity contribution is 6.33. The molecule has 0 atom stereocenters. The highest BCUT2D eigenvalue weighted by Crippen LogP contribution is 2.37. The lowest BCUT2D eigenvalue weighted by molar-refractivity contribution is 0.0507. The number of hydrogen-bond donors (Lipinski definition) is 2. The van der Waals surface area contributed by atoms with E-state index in [1.807, 2.05) is 6.92 Å². The van der Waals surface area contributed by atoms with E-state index < -0.39 is 5.97 Å². The van der Waals surface area contributed by atoms with Gasteiger partial charge in [-0.1, -0.05) is 60.7 Å². The van der Waals surface area contributed by atoms with Crippen LogP contribution in [0.1, 0.15) is 29.3 Å². The van der Waals surface area contributed by atoms with Gasteiger partial charge in [-0.3, -0.25) is 0 Å². The number of phenols is 2. The summed E-state index contributed by atoms with van der Waals surface area (Å²) < 4.78 is 5.16. The van der Waals surface area contributed by atoms with E-state index in [0.29, 0.717) is 12.0 Å². The van der Waals surface area contributed by atoms with E-state index in [1.165, 1.54) is 0 Å². The number of phenolic OH excluding ortho intramolecular Hbond substituents is 2. The lowest BCUT2D eigenvalue weighted by atomic mass is 9.98. The Labute approximate surface area is 147 Å². The molecule has 0 radical (unpaired) electrons. The standard InChI is InChI=1S/C19H21ClO4/c1-4-6-7-8-10-24-19(23)17-14(11-13(3)9-5-2)18(20)16(22)12-15(17)21/h4-7,9,12,21-22H,1,3,8,10-11H2,2H3/b7-6+,9-5+. The summed E-state index contributed by atoms with van der Waals surface area (Å²) in [6.45, 7) is 9.38. The summed E-state index contributed by atoms with van der Waals surface area (Å²) in [5.41, 5.74) is 0.896. The van der Waals surface area contributed by atoms with E-state index in [9.17, 15) is 15.0 Å². The second-order valence-electron chi connectivity index (χ2n) is 5.01. The minimum Gasteiger partial charge on any atom is -0.507 e.